The Bertz CT molecular complexity index is 1700. The number of benzene rings is 2. The first-order valence-electron chi connectivity index (χ1n) is 18.4. The quantitative estimate of drug-likeness (QED) is 0.355. The molecule has 2 saturated heterocycles. The van der Waals surface area contributed by atoms with Crippen LogP contribution in [0.3, 0.4) is 0 Å². The number of fused-ring (bicyclic) bond motifs is 1. The van der Waals surface area contributed by atoms with Crippen molar-refractivity contribution in [2.75, 3.05) is 31.9 Å². The van der Waals surface area contributed by atoms with Gasteiger partial charge in [0.05, 0.1) is 40.2 Å². The van der Waals surface area contributed by atoms with Gasteiger partial charge in [-0.3, -0.25) is 0 Å². The molecule has 4 N–H and O–H groups in total. The number of nitrogen functional groups attached to an aromatic ring is 1. The first kappa shape index (κ1) is 15.2. The van der Waals surface area contributed by atoms with Crippen molar-refractivity contribution in [2.24, 2.45) is 11.8 Å². The van der Waals surface area contributed by atoms with Crippen molar-refractivity contribution in [3.63, 3.8) is 0 Å². The van der Waals surface area contributed by atoms with Gasteiger partial charge < -0.3 is 30.4 Å². The zero-order valence-electron chi connectivity index (χ0n) is 34.0. The number of hydrogen-bond donors (Lipinski definition) is 3. The molecule has 2 aromatic rings. The summed E-state index contributed by atoms with van der Waals surface area (Å²) in [6, 6.07) is 10.3. The van der Waals surface area contributed by atoms with Gasteiger partial charge in [0.25, 0.3) is 0 Å². The standard InChI is InChI=1S/C27H37N3O7S/c1-18(2)15-30(38(33,34)21-10-8-20(28)9-11-21)16-24(31)23(14-19-6-4-3-5-7-19)29-27(32)37-25-17-36-26-22(25)12-13-35-26/h3-11,18,22-26,31H,12-17,28H2,1-2H3,(H,29,32)/t22-,23-,24+,25-,26+/m0/s1/i1D3,2D3,12D2,13D2,15D2,18D,26D. The number of aliphatic hydroxyl groups excluding tert-OH is 1. The second kappa shape index (κ2) is 12.4. The van der Waals surface area contributed by atoms with E-state index in [0.717, 1.165) is 24.3 Å². The van der Waals surface area contributed by atoms with Gasteiger partial charge in [0.15, 0.2) is 6.27 Å². The molecule has 2 aliphatic rings. The van der Waals surface area contributed by atoms with Crippen LogP contribution in [0.4, 0.5) is 10.5 Å². The monoisotopic (exact) mass is 561 g/mol. The van der Waals surface area contributed by atoms with Crippen LogP contribution in [0.1, 0.15) is 44.8 Å². The van der Waals surface area contributed by atoms with Gasteiger partial charge in [-0.15, -0.1) is 0 Å². The van der Waals surface area contributed by atoms with E-state index in [9.17, 15) is 18.3 Å². The lowest BCUT2D eigenvalue weighted by molar-refractivity contribution is -0.0907. The Balaban J connectivity index is 1.74. The Kier molecular flexibility index (Phi) is 4.97. The van der Waals surface area contributed by atoms with Crippen LogP contribution < -0.4 is 11.1 Å². The molecule has 11 heteroatoms. The van der Waals surface area contributed by atoms with E-state index in [-0.39, 0.29) is 16.4 Å². The van der Waals surface area contributed by atoms with Crippen LogP contribution in [0.5, 0.6) is 0 Å². The Labute approximate surface area is 243 Å². The fourth-order valence-electron chi connectivity index (χ4n) is 3.86. The largest absolute Gasteiger partial charge is 0.443 e. The summed E-state index contributed by atoms with van der Waals surface area (Å²) in [7, 11) is -5.32. The molecular weight excluding hydrogens is 510 g/mol. The molecule has 0 unspecified atom stereocenters. The molecule has 2 aliphatic heterocycles. The van der Waals surface area contributed by atoms with Gasteiger partial charge in [-0.25, -0.2) is 13.2 Å². The topological polar surface area (TPSA) is 140 Å². The Morgan fingerprint density at radius 2 is 2.05 bits per heavy atom. The smallest absolute Gasteiger partial charge is 0.407 e. The van der Waals surface area contributed by atoms with E-state index in [1.807, 2.05) is 0 Å². The second-order valence-electron chi connectivity index (χ2n) is 8.50. The van der Waals surface area contributed by atoms with Gasteiger partial charge in [0.2, 0.25) is 10.0 Å². The molecule has 0 aromatic heterocycles. The summed E-state index contributed by atoms with van der Waals surface area (Å²) < 4.78 is 157. The summed E-state index contributed by atoms with van der Waals surface area (Å²) in [6.07, 6.45) is -11.0. The molecule has 1 amide bonds. The number of nitrogens with zero attached hydrogens (tertiary/aromatic N) is 1. The Morgan fingerprint density at radius 1 is 1.32 bits per heavy atom. The summed E-state index contributed by atoms with van der Waals surface area (Å²) in [6.45, 7) is -17.1. The van der Waals surface area contributed by atoms with Crippen LogP contribution in [0.15, 0.2) is 59.5 Å². The van der Waals surface area contributed by atoms with E-state index in [0.29, 0.717) is 5.56 Å². The van der Waals surface area contributed by atoms with Crippen LogP contribution in [0.25, 0.3) is 0 Å². The van der Waals surface area contributed by atoms with Crippen LogP contribution in [-0.2, 0) is 30.7 Å². The van der Waals surface area contributed by atoms with Crippen molar-refractivity contribution in [1.29, 1.82) is 0 Å². The maximum Gasteiger partial charge on any atom is 0.407 e. The number of carbonyl (C=O) groups excluding carboxylic acids is 1. The lowest BCUT2D eigenvalue weighted by atomic mass is 10.0. The molecular formula is C27H37N3O7S. The average molecular weight is 562 g/mol. The van der Waals surface area contributed by atoms with E-state index >= 15 is 0 Å². The molecule has 10 nitrogen and oxygen atoms in total. The Morgan fingerprint density at radius 3 is 2.76 bits per heavy atom. The van der Waals surface area contributed by atoms with E-state index in [4.69, 9.17) is 39.1 Å². The van der Waals surface area contributed by atoms with Gasteiger partial charge in [-0.05, 0) is 48.5 Å². The molecule has 0 aliphatic carbocycles. The highest BCUT2D eigenvalue weighted by atomic mass is 32.2. The number of anilines is 1. The number of rotatable bonds is 11. The van der Waals surface area contributed by atoms with Crippen molar-refractivity contribution in [2.45, 2.75) is 55.9 Å². The lowest BCUT2D eigenvalue weighted by Gasteiger charge is -2.31. The summed E-state index contributed by atoms with van der Waals surface area (Å²) in [4.78, 5) is 12.6. The van der Waals surface area contributed by atoms with E-state index in [1.54, 1.807) is 30.3 Å². The number of nitrogens with two attached hydrogens (primary N) is 1. The highest BCUT2D eigenvalue weighted by molar-refractivity contribution is 7.89. The van der Waals surface area contributed by atoms with Gasteiger partial charge in [-0.1, -0.05) is 44.0 Å². The zero-order chi connectivity index (χ0) is 39.5. The van der Waals surface area contributed by atoms with Crippen molar-refractivity contribution < 1.29 is 51.7 Å². The SMILES string of the molecule is [2H]C([2H])([2H])C([2H])(C([2H])([2H])[2H])C([2H])([2H])N(C[C@@H](O)[C@H](Cc1ccccc1)NC(=O)O[C@H]1CO[C@@]2([2H])OC([2H])([2H])C([2H])([2H])[C@@H]12)S(=O)(=O)c1ccc(N)cc1. The number of ether oxygens (including phenoxy) is 3. The minimum atomic E-state index is -5.32. The van der Waals surface area contributed by atoms with Crippen molar-refractivity contribution in [1.82, 2.24) is 9.62 Å². The first-order valence-corrected chi connectivity index (χ1v) is 12.9. The van der Waals surface area contributed by atoms with Gasteiger partial charge in [0, 0.05) is 33.8 Å². The minimum Gasteiger partial charge on any atom is -0.443 e. The summed E-state index contributed by atoms with van der Waals surface area (Å²) in [5.41, 5.74) is 6.14. The van der Waals surface area contributed by atoms with Crippen LogP contribution in [0.2, 0.25) is 0 Å². The molecule has 0 saturated carbocycles. The summed E-state index contributed by atoms with van der Waals surface area (Å²) in [5.74, 6) is -5.94. The van der Waals surface area contributed by atoms with Crippen LogP contribution in [0, 0.1) is 11.8 Å². The van der Waals surface area contributed by atoms with Gasteiger partial charge in [-0.2, -0.15) is 4.31 Å². The average Bonchev–Trinajstić information content (AvgIpc) is 3.39. The second-order valence-corrected chi connectivity index (χ2v) is 10.4. The third-order valence-corrected chi connectivity index (χ3v) is 7.45. The number of carbonyl (C=O) groups is 1. The van der Waals surface area contributed by atoms with Crippen molar-refractivity contribution in [3.8, 4) is 0 Å². The zero-order valence-corrected chi connectivity index (χ0v) is 20.8. The number of hydrogen-bond acceptors (Lipinski definition) is 8. The molecule has 0 bridgehead atoms. The number of alkyl carbamates (subject to hydrolysis) is 1. The number of nitrogens with one attached hydrogen (secondary N) is 1. The van der Waals surface area contributed by atoms with E-state index in [2.05, 4.69) is 5.32 Å². The number of amides is 1. The van der Waals surface area contributed by atoms with Gasteiger partial charge in [0.1, 0.15) is 6.10 Å². The fourth-order valence-corrected chi connectivity index (χ4v) is 5.15. The summed E-state index contributed by atoms with van der Waals surface area (Å²) in [5, 5.41) is 13.9. The third-order valence-electron chi connectivity index (χ3n) is 5.76. The fraction of sp³-hybridized carbons (Fsp3) is 0.519. The molecule has 2 heterocycles. The van der Waals surface area contributed by atoms with Crippen molar-refractivity contribution >= 4 is 21.8 Å². The molecule has 0 radical (unpaired) electrons. The third kappa shape index (κ3) is 7.03. The maximum absolute atomic E-state index is 14.1. The minimum absolute atomic E-state index is 0.0720. The van der Waals surface area contributed by atoms with Crippen LogP contribution in [-0.4, -0.2) is 74.6 Å². The van der Waals surface area contributed by atoms with E-state index < -0.39 is 104 Å². The first-order chi connectivity index (χ1) is 23.5. The normalized spacial score (nSPS) is 34.2. The van der Waals surface area contributed by atoms with Crippen molar-refractivity contribution in [3.05, 3.63) is 60.2 Å². The molecule has 5 atom stereocenters. The molecule has 38 heavy (non-hydrogen) atoms. The maximum atomic E-state index is 14.1. The molecule has 4 rings (SSSR count). The Hall–Kier alpha value is -2.70. The highest BCUT2D eigenvalue weighted by Gasteiger charge is 2.44. The van der Waals surface area contributed by atoms with E-state index in [1.165, 1.54) is 0 Å². The predicted molar refractivity (Wildman–Crippen MR) is 142 cm³/mol. The van der Waals surface area contributed by atoms with Crippen LogP contribution >= 0.6 is 0 Å². The summed E-state index contributed by atoms with van der Waals surface area (Å²) >= 11 is 0. The molecule has 2 aromatic carbocycles. The number of aliphatic hydroxyl groups is 1. The molecule has 208 valence electrons. The molecule has 0 spiro atoms. The lowest BCUT2D eigenvalue weighted by Crippen LogP contribution is -2.51. The highest BCUT2D eigenvalue weighted by Crippen LogP contribution is 2.33. The molecule has 2 fully saturated rings. The predicted octanol–water partition coefficient (Wildman–Crippen LogP) is 2.38. The number of sulfonamides is 1. The van der Waals surface area contributed by atoms with Gasteiger partial charge >= 0.3 is 6.09 Å².